The summed E-state index contributed by atoms with van der Waals surface area (Å²) in [4.78, 5) is 37.4. The Kier molecular flexibility index (Phi) is 5.38. The van der Waals surface area contributed by atoms with Gasteiger partial charge in [-0.05, 0) is 30.3 Å². The van der Waals surface area contributed by atoms with Crippen LogP contribution in [0.5, 0.6) is 0 Å². The number of alkyl halides is 6. The first-order chi connectivity index (χ1) is 14.3. The minimum atomic E-state index is -5.55. The fourth-order valence-electron chi connectivity index (χ4n) is 2.81. The number of carbonyl (C=O) groups is 3. The quantitative estimate of drug-likeness (QED) is 0.529. The molecule has 1 fully saturated rings. The largest absolute Gasteiger partial charge is 0.440 e. The lowest BCUT2D eigenvalue weighted by Crippen LogP contribution is -2.69. The monoisotopic (exact) mass is 465 g/mol. The Hall–Kier alpha value is -3.28. The van der Waals surface area contributed by atoms with Crippen molar-refractivity contribution in [1.29, 1.82) is 0 Å². The number of para-hydroxylation sites is 1. The highest BCUT2D eigenvalue weighted by molar-refractivity contribution is 6.36. The first-order valence-electron chi connectivity index (χ1n) is 8.25. The van der Waals surface area contributed by atoms with Crippen molar-refractivity contribution in [3.05, 3.63) is 64.7 Å². The second kappa shape index (κ2) is 7.45. The predicted molar refractivity (Wildman–Crippen MR) is 95.2 cm³/mol. The van der Waals surface area contributed by atoms with E-state index in [2.05, 4.69) is 0 Å². The van der Waals surface area contributed by atoms with Crippen molar-refractivity contribution in [3.63, 3.8) is 0 Å². The molecule has 1 saturated heterocycles. The van der Waals surface area contributed by atoms with Gasteiger partial charge in [0.2, 0.25) is 0 Å². The Bertz CT molecular complexity index is 1070. The number of rotatable bonds is 3. The summed E-state index contributed by atoms with van der Waals surface area (Å²) >= 11 is 5.86. The van der Waals surface area contributed by atoms with Crippen molar-refractivity contribution >= 4 is 35.1 Å². The van der Waals surface area contributed by atoms with Crippen molar-refractivity contribution in [1.82, 2.24) is 10.6 Å². The van der Waals surface area contributed by atoms with Gasteiger partial charge < -0.3 is 5.32 Å². The topological polar surface area (TPSA) is 78.5 Å². The summed E-state index contributed by atoms with van der Waals surface area (Å²) in [5.74, 6) is -3.60. The number of anilines is 1. The van der Waals surface area contributed by atoms with Crippen LogP contribution in [0.15, 0.2) is 48.5 Å². The molecular weight excluding hydrogens is 456 g/mol. The molecule has 31 heavy (non-hydrogen) atoms. The van der Waals surface area contributed by atoms with Crippen molar-refractivity contribution in [2.75, 3.05) is 4.90 Å². The Labute approximate surface area is 174 Å². The van der Waals surface area contributed by atoms with E-state index in [9.17, 15) is 40.7 Å². The molecule has 4 amide bonds. The Morgan fingerprint density at radius 1 is 1.00 bits per heavy atom. The smallest absolute Gasteiger partial charge is 0.314 e. The molecule has 2 aromatic rings. The number of halogens is 7. The number of hydrogen-bond acceptors (Lipinski definition) is 3. The van der Waals surface area contributed by atoms with Gasteiger partial charge in [-0.3, -0.25) is 14.9 Å². The lowest BCUT2D eigenvalue weighted by atomic mass is 10.1. The van der Waals surface area contributed by atoms with Gasteiger partial charge in [-0.2, -0.15) is 26.3 Å². The number of carbonyl (C=O) groups excluding carboxylic acids is 3. The molecule has 1 heterocycles. The molecule has 2 N–H and O–H groups in total. The number of urea groups is 1. The lowest BCUT2D eigenvalue weighted by Gasteiger charge is -2.30. The Morgan fingerprint density at radius 2 is 1.65 bits per heavy atom. The molecule has 0 aromatic heterocycles. The van der Waals surface area contributed by atoms with Crippen LogP contribution in [0.2, 0.25) is 5.02 Å². The van der Waals surface area contributed by atoms with E-state index >= 15 is 0 Å². The zero-order valence-electron chi connectivity index (χ0n) is 14.9. The van der Waals surface area contributed by atoms with Crippen LogP contribution >= 0.6 is 11.6 Å². The van der Waals surface area contributed by atoms with Crippen LogP contribution in [-0.2, 0) is 11.0 Å². The maximum atomic E-state index is 13.9. The molecule has 0 aliphatic carbocycles. The minimum absolute atomic E-state index is 0.0856. The summed E-state index contributed by atoms with van der Waals surface area (Å²) < 4.78 is 80.2. The molecule has 0 bridgehead atoms. The summed E-state index contributed by atoms with van der Waals surface area (Å²) in [6.07, 6.45) is -10.4. The fourth-order valence-corrected chi connectivity index (χ4v) is 3.03. The van der Waals surface area contributed by atoms with E-state index in [-0.39, 0.29) is 15.6 Å². The second-order valence-electron chi connectivity index (χ2n) is 6.30. The number of amides is 4. The number of hydrogen-bond donors (Lipinski definition) is 2. The molecule has 13 heteroatoms. The number of imide groups is 1. The normalized spacial score (nSPS) is 19.4. The van der Waals surface area contributed by atoms with Gasteiger partial charge in [0.1, 0.15) is 0 Å². The van der Waals surface area contributed by atoms with Gasteiger partial charge in [0.25, 0.3) is 17.5 Å². The van der Waals surface area contributed by atoms with Crippen LogP contribution in [0.1, 0.15) is 15.9 Å². The average molecular weight is 466 g/mol. The summed E-state index contributed by atoms with van der Waals surface area (Å²) in [7, 11) is 0. The lowest BCUT2D eigenvalue weighted by molar-refractivity contribution is -0.197. The van der Waals surface area contributed by atoms with Gasteiger partial charge in [-0.25, -0.2) is 9.69 Å². The first-order valence-corrected chi connectivity index (χ1v) is 8.63. The summed E-state index contributed by atoms with van der Waals surface area (Å²) in [6.45, 7) is 0. The molecule has 1 aliphatic heterocycles. The Morgan fingerprint density at radius 3 is 2.23 bits per heavy atom. The molecule has 1 aliphatic rings. The van der Waals surface area contributed by atoms with E-state index in [1.165, 1.54) is 28.8 Å². The zero-order chi connectivity index (χ0) is 23.2. The van der Waals surface area contributed by atoms with Gasteiger partial charge in [0.05, 0.1) is 16.3 Å². The molecule has 1 atom stereocenters. The van der Waals surface area contributed by atoms with E-state index in [0.717, 1.165) is 18.2 Å². The van der Waals surface area contributed by atoms with Gasteiger partial charge in [-0.1, -0.05) is 29.8 Å². The van der Waals surface area contributed by atoms with E-state index in [0.29, 0.717) is 12.1 Å². The molecule has 1 unspecified atom stereocenters. The van der Waals surface area contributed by atoms with Crippen LogP contribution in [0, 0.1) is 0 Å². The van der Waals surface area contributed by atoms with Crippen LogP contribution in [0.4, 0.5) is 36.8 Å². The maximum Gasteiger partial charge on any atom is 0.440 e. The SMILES string of the molecule is O=C(NC1(C(F)(F)F)NC(=O)N(c2ccccc2Cl)C1=O)c1cccc(C(F)(F)F)c1. The van der Waals surface area contributed by atoms with E-state index < -0.39 is 47.0 Å². The fraction of sp³-hybridized carbons (Fsp3) is 0.167. The third-order valence-electron chi connectivity index (χ3n) is 4.29. The summed E-state index contributed by atoms with van der Waals surface area (Å²) in [6, 6.07) is 6.02. The zero-order valence-corrected chi connectivity index (χ0v) is 15.7. The number of nitrogens with zero attached hydrogens (tertiary/aromatic N) is 1. The van der Waals surface area contributed by atoms with Crippen LogP contribution < -0.4 is 15.5 Å². The van der Waals surface area contributed by atoms with E-state index in [4.69, 9.17) is 11.6 Å². The van der Waals surface area contributed by atoms with Gasteiger partial charge in [-0.15, -0.1) is 0 Å². The average Bonchev–Trinajstić information content (AvgIpc) is 2.92. The molecule has 2 aromatic carbocycles. The summed E-state index contributed by atoms with van der Waals surface area (Å²) in [5, 5.41) is 2.48. The standard InChI is InChI=1S/C18H10ClF6N3O3/c19-11-6-1-2-7-12(11)28-14(30)16(18(23,24)25,27-15(28)31)26-13(29)9-4-3-5-10(8-9)17(20,21)22/h1-8H,(H,26,29)(H,27,31). The van der Waals surface area contributed by atoms with E-state index in [1.807, 2.05) is 0 Å². The predicted octanol–water partition coefficient (Wildman–Crippen LogP) is 4.10. The molecule has 3 rings (SSSR count). The van der Waals surface area contributed by atoms with Gasteiger partial charge in [0.15, 0.2) is 0 Å². The molecule has 164 valence electrons. The molecule has 6 nitrogen and oxygen atoms in total. The van der Waals surface area contributed by atoms with Gasteiger partial charge >= 0.3 is 18.4 Å². The van der Waals surface area contributed by atoms with Crippen molar-refractivity contribution in [2.24, 2.45) is 0 Å². The number of nitrogens with one attached hydrogen (secondary N) is 2. The second-order valence-corrected chi connectivity index (χ2v) is 6.71. The first kappa shape index (κ1) is 22.4. The Balaban J connectivity index is 2.02. The van der Waals surface area contributed by atoms with Crippen LogP contribution in [0.25, 0.3) is 0 Å². The van der Waals surface area contributed by atoms with Crippen molar-refractivity contribution in [3.8, 4) is 0 Å². The highest BCUT2D eigenvalue weighted by Gasteiger charge is 2.69. The maximum absolute atomic E-state index is 13.9. The van der Waals surface area contributed by atoms with Gasteiger partial charge in [0, 0.05) is 5.56 Å². The molecular formula is C18H10ClF6N3O3. The molecule has 0 saturated carbocycles. The van der Waals surface area contributed by atoms with Crippen LogP contribution in [0.3, 0.4) is 0 Å². The highest BCUT2D eigenvalue weighted by atomic mass is 35.5. The number of benzene rings is 2. The van der Waals surface area contributed by atoms with E-state index in [1.54, 1.807) is 0 Å². The van der Waals surface area contributed by atoms with Crippen molar-refractivity contribution in [2.45, 2.75) is 18.0 Å². The van der Waals surface area contributed by atoms with Crippen molar-refractivity contribution < 1.29 is 40.7 Å². The minimum Gasteiger partial charge on any atom is -0.314 e. The molecule has 0 radical (unpaired) electrons. The third kappa shape index (κ3) is 3.90. The highest BCUT2D eigenvalue weighted by Crippen LogP contribution is 2.38. The van der Waals surface area contributed by atoms with Crippen LogP contribution in [-0.4, -0.2) is 29.7 Å². The third-order valence-corrected chi connectivity index (χ3v) is 4.61. The molecule has 0 spiro atoms. The summed E-state index contributed by atoms with van der Waals surface area (Å²) in [5.41, 5.74) is -6.40.